The van der Waals surface area contributed by atoms with E-state index in [0.29, 0.717) is 23.5 Å². The van der Waals surface area contributed by atoms with E-state index in [1.807, 2.05) is 30.3 Å². The summed E-state index contributed by atoms with van der Waals surface area (Å²) < 4.78 is 0. The topological polar surface area (TPSA) is 68.6 Å². The lowest BCUT2D eigenvalue weighted by Gasteiger charge is -2.07. The number of rotatable bonds is 4. The van der Waals surface area contributed by atoms with Gasteiger partial charge in [-0.1, -0.05) is 37.3 Å². The Balaban J connectivity index is 2.12. The molecule has 0 saturated carbocycles. The molecule has 3 rings (SSSR count). The smallest absolute Gasteiger partial charge is 0.182 e. The predicted octanol–water partition coefficient (Wildman–Crippen LogP) is 3.19. The van der Waals surface area contributed by atoms with Crippen molar-refractivity contribution in [2.24, 2.45) is 0 Å². The molecule has 1 aromatic carbocycles. The Kier molecular flexibility index (Phi) is 3.96. The second-order valence-electron chi connectivity index (χ2n) is 4.69. The van der Waals surface area contributed by atoms with Crippen LogP contribution in [0.3, 0.4) is 0 Å². The predicted molar refractivity (Wildman–Crippen MR) is 83.1 cm³/mol. The van der Waals surface area contributed by atoms with Gasteiger partial charge in [0, 0.05) is 24.4 Å². The summed E-state index contributed by atoms with van der Waals surface area (Å²) in [7, 11) is 0. The van der Waals surface area contributed by atoms with Gasteiger partial charge in [0.1, 0.15) is 17.1 Å². The Labute approximate surface area is 128 Å². The molecule has 5 nitrogen and oxygen atoms in total. The van der Waals surface area contributed by atoms with Gasteiger partial charge in [0.15, 0.2) is 5.78 Å². The molecule has 0 amide bonds. The first-order valence-corrected chi connectivity index (χ1v) is 7.01. The quantitative estimate of drug-likeness (QED) is 0.690. The zero-order valence-electron chi connectivity index (χ0n) is 12.1. The highest BCUT2D eigenvalue weighted by atomic mass is 16.1. The molecule has 0 N–H and O–H groups in total. The van der Waals surface area contributed by atoms with Crippen molar-refractivity contribution in [1.29, 1.82) is 0 Å². The highest BCUT2D eigenvalue weighted by Crippen LogP contribution is 2.26. The number of ketones is 1. The van der Waals surface area contributed by atoms with Crippen LogP contribution in [-0.4, -0.2) is 25.7 Å². The number of carbonyl (C=O) groups excluding carboxylic acids is 1. The summed E-state index contributed by atoms with van der Waals surface area (Å²) in [5.41, 5.74) is 3.18. The molecule has 0 saturated heterocycles. The van der Waals surface area contributed by atoms with Crippen molar-refractivity contribution < 1.29 is 4.79 Å². The van der Waals surface area contributed by atoms with Crippen LogP contribution in [-0.2, 0) is 0 Å². The van der Waals surface area contributed by atoms with Gasteiger partial charge >= 0.3 is 0 Å². The van der Waals surface area contributed by atoms with E-state index < -0.39 is 0 Å². The molecule has 2 heterocycles. The molecule has 3 aromatic rings. The molecule has 0 unspecified atom stereocenters. The number of nitrogens with zero attached hydrogens (tertiary/aromatic N) is 4. The normalized spacial score (nSPS) is 10.4. The van der Waals surface area contributed by atoms with Crippen LogP contribution in [0.25, 0.3) is 22.6 Å². The molecule has 0 spiro atoms. The lowest BCUT2D eigenvalue weighted by molar-refractivity contribution is 0.0983. The lowest BCUT2D eigenvalue weighted by atomic mass is 10.1. The monoisotopic (exact) mass is 290 g/mol. The number of hydrogen-bond donors (Lipinski definition) is 0. The summed E-state index contributed by atoms with van der Waals surface area (Å²) in [4.78, 5) is 29.1. The number of Topliss-reactive ketones (excluding diaryl/α,β-unsaturated/α-hetero) is 1. The fraction of sp³-hybridized carbons (Fsp3) is 0.118. The van der Waals surface area contributed by atoms with Gasteiger partial charge in [-0.2, -0.15) is 0 Å². The summed E-state index contributed by atoms with van der Waals surface area (Å²) >= 11 is 0. The first-order valence-electron chi connectivity index (χ1n) is 7.01. The Morgan fingerprint density at radius 1 is 1.00 bits per heavy atom. The van der Waals surface area contributed by atoms with Crippen molar-refractivity contribution >= 4 is 5.78 Å². The van der Waals surface area contributed by atoms with Gasteiger partial charge in [0.2, 0.25) is 0 Å². The van der Waals surface area contributed by atoms with E-state index in [0.717, 1.165) is 11.3 Å². The summed E-state index contributed by atoms with van der Waals surface area (Å²) in [5, 5.41) is 0. The molecule has 0 aliphatic heterocycles. The van der Waals surface area contributed by atoms with Gasteiger partial charge in [0.25, 0.3) is 0 Å². The highest BCUT2D eigenvalue weighted by molar-refractivity contribution is 5.94. The highest BCUT2D eigenvalue weighted by Gasteiger charge is 2.13. The Morgan fingerprint density at radius 3 is 2.45 bits per heavy atom. The molecular weight excluding hydrogens is 276 g/mol. The second kappa shape index (κ2) is 6.22. The van der Waals surface area contributed by atoms with Crippen molar-refractivity contribution in [3.05, 3.63) is 60.8 Å². The van der Waals surface area contributed by atoms with Gasteiger partial charge < -0.3 is 0 Å². The molecule has 0 fully saturated rings. The largest absolute Gasteiger partial charge is 0.292 e. The van der Waals surface area contributed by atoms with E-state index in [4.69, 9.17) is 0 Å². The zero-order valence-corrected chi connectivity index (χ0v) is 12.1. The van der Waals surface area contributed by atoms with Crippen molar-refractivity contribution in [3.63, 3.8) is 0 Å². The molecule has 22 heavy (non-hydrogen) atoms. The third kappa shape index (κ3) is 2.74. The van der Waals surface area contributed by atoms with E-state index in [-0.39, 0.29) is 5.78 Å². The van der Waals surface area contributed by atoms with Crippen LogP contribution in [0.2, 0.25) is 0 Å². The zero-order chi connectivity index (χ0) is 15.4. The average Bonchev–Trinajstić information content (AvgIpc) is 2.62. The van der Waals surface area contributed by atoms with Crippen molar-refractivity contribution in [3.8, 4) is 22.6 Å². The fourth-order valence-electron chi connectivity index (χ4n) is 2.13. The van der Waals surface area contributed by atoms with Crippen LogP contribution >= 0.6 is 0 Å². The molecule has 0 aliphatic carbocycles. The van der Waals surface area contributed by atoms with Crippen LogP contribution in [0.15, 0.2) is 55.1 Å². The summed E-state index contributed by atoms with van der Waals surface area (Å²) in [5.74, 6) is -0.0421. The average molecular weight is 290 g/mol. The van der Waals surface area contributed by atoms with Crippen molar-refractivity contribution in [2.75, 3.05) is 0 Å². The minimum atomic E-state index is -0.0421. The van der Waals surface area contributed by atoms with Crippen LogP contribution in [0.5, 0.6) is 0 Å². The minimum absolute atomic E-state index is 0.0421. The van der Waals surface area contributed by atoms with Crippen molar-refractivity contribution in [1.82, 2.24) is 19.9 Å². The van der Waals surface area contributed by atoms with E-state index in [2.05, 4.69) is 19.9 Å². The van der Waals surface area contributed by atoms with Crippen molar-refractivity contribution in [2.45, 2.75) is 13.3 Å². The molecule has 0 atom stereocenters. The van der Waals surface area contributed by atoms with Crippen LogP contribution in [0, 0.1) is 0 Å². The molecule has 108 valence electrons. The molecule has 0 radical (unpaired) electrons. The molecule has 2 aromatic heterocycles. The van der Waals surface area contributed by atoms with Gasteiger partial charge in [-0.25, -0.2) is 4.98 Å². The standard InChI is InChI=1S/C17H14N4O/c1-2-15(22)13-10-18-11-14(21-13)17-16(19-8-9-20-17)12-6-4-3-5-7-12/h3-11H,2H2,1H3. The Morgan fingerprint density at radius 2 is 1.73 bits per heavy atom. The van der Waals surface area contributed by atoms with E-state index >= 15 is 0 Å². The van der Waals surface area contributed by atoms with Crippen LogP contribution in [0.1, 0.15) is 23.8 Å². The van der Waals surface area contributed by atoms with Gasteiger partial charge in [-0.3, -0.25) is 19.7 Å². The third-order valence-corrected chi connectivity index (χ3v) is 3.23. The second-order valence-corrected chi connectivity index (χ2v) is 4.69. The number of aromatic nitrogens is 4. The molecular formula is C17H14N4O. The Bertz CT molecular complexity index is 803. The Hall–Kier alpha value is -2.95. The minimum Gasteiger partial charge on any atom is -0.292 e. The van der Waals surface area contributed by atoms with Crippen LogP contribution < -0.4 is 0 Å². The maximum atomic E-state index is 11.8. The number of hydrogen-bond acceptors (Lipinski definition) is 5. The number of carbonyl (C=O) groups is 1. The molecule has 5 heteroatoms. The first kappa shape index (κ1) is 14.0. The van der Waals surface area contributed by atoms with E-state index in [9.17, 15) is 4.79 Å². The maximum absolute atomic E-state index is 11.8. The van der Waals surface area contributed by atoms with E-state index in [1.54, 1.807) is 25.5 Å². The van der Waals surface area contributed by atoms with Gasteiger partial charge in [-0.15, -0.1) is 0 Å². The lowest BCUT2D eigenvalue weighted by Crippen LogP contribution is -2.03. The summed E-state index contributed by atoms with van der Waals surface area (Å²) in [6, 6.07) is 9.75. The van der Waals surface area contributed by atoms with E-state index in [1.165, 1.54) is 6.20 Å². The maximum Gasteiger partial charge on any atom is 0.182 e. The van der Waals surface area contributed by atoms with Gasteiger partial charge in [-0.05, 0) is 0 Å². The van der Waals surface area contributed by atoms with Gasteiger partial charge in [0.05, 0.1) is 18.1 Å². The number of benzene rings is 1. The van der Waals surface area contributed by atoms with Crippen LogP contribution in [0.4, 0.5) is 0 Å². The third-order valence-electron chi connectivity index (χ3n) is 3.23. The SMILES string of the molecule is CCC(=O)c1cncc(-c2nccnc2-c2ccccc2)n1. The summed E-state index contributed by atoms with van der Waals surface area (Å²) in [6.45, 7) is 1.80. The molecule has 0 bridgehead atoms. The summed E-state index contributed by atoms with van der Waals surface area (Å²) in [6.07, 6.45) is 6.72. The fourth-order valence-corrected chi connectivity index (χ4v) is 2.13. The first-order chi connectivity index (χ1) is 10.8. The molecule has 0 aliphatic rings.